The number of hydrogen-bond acceptors (Lipinski definition) is 1. The maximum Gasteiger partial charge on any atom is 0.304 e. The largest absolute Gasteiger partial charge is 0.481 e. The molecule has 0 fully saturated rings. The van der Waals surface area contributed by atoms with Gasteiger partial charge in [-0.1, -0.05) is 26.8 Å². The molecule has 0 aliphatic carbocycles. The monoisotopic (exact) mass is 302 g/mol. The summed E-state index contributed by atoms with van der Waals surface area (Å²) in [7, 11) is 0. The molecule has 0 amide bonds. The van der Waals surface area contributed by atoms with Crippen molar-refractivity contribution < 1.29 is 14.3 Å². The smallest absolute Gasteiger partial charge is 0.304 e. The van der Waals surface area contributed by atoms with Gasteiger partial charge in [0.15, 0.2) is 0 Å². The first-order valence-corrected chi connectivity index (χ1v) is 6.27. The van der Waals surface area contributed by atoms with E-state index in [1.807, 2.05) is 6.92 Å². The number of benzene rings is 1. The van der Waals surface area contributed by atoms with E-state index in [1.54, 1.807) is 26.0 Å². The van der Waals surface area contributed by atoms with Crippen LogP contribution in [-0.2, 0) is 16.6 Å². The molecule has 0 atom stereocenters. The lowest BCUT2D eigenvalue weighted by Crippen LogP contribution is -2.23. The summed E-state index contributed by atoms with van der Waals surface area (Å²) in [6.07, 6.45) is 0.693. The second-order valence-corrected chi connectivity index (χ2v) is 5.60. The van der Waals surface area contributed by atoms with Crippen molar-refractivity contribution in [2.24, 2.45) is 0 Å². The van der Waals surface area contributed by atoms with Crippen molar-refractivity contribution in [3.05, 3.63) is 33.5 Å². The molecule has 1 aromatic carbocycles. The third kappa shape index (κ3) is 3.28. The van der Waals surface area contributed by atoms with Crippen LogP contribution in [0.1, 0.15) is 38.3 Å². The highest BCUT2D eigenvalue weighted by Gasteiger charge is 2.28. The summed E-state index contributed by atoms with van der Waals surface area (Å²) in [5.74, 6) is -1.29. The Morgan fingerprint density at radius 2 is 2.06 bits per heavy atom. The number of carbonyl (C=O) groups is 1. The predicted molar refractivity (Wildman–Crippen MR) is 68.8 cm³/mol. The third-order valence-electron chi connectivity index (χ3n) is 2.82. The fraction of sp³-hybridized carbons (Fsp3) is 0.462. The van der Waals surface area contributed by atoms with Crippen LogP contribution in [0, 0.1) is 5.82 Å². The Labute approximate surface area is 109 Å². The molecule has 0 aromatic heterocycles. The van der Waals surface area contributed by atoms with Crippen LogP contribution in [0.2, 0.25) is 0 Å². The van der Waals surface area contributed by atoms with Crippen molar-refractivity contribution in [1.29, 1.82) is 0 Å². The molecule has 0 radical (unpaired) electrons. The summed E-state index contributed by atoms with van der Waals surface area (Å²) in [4.78, 5) is 10.8. The van der Waals surface area contributed by atoms with Crippen LogP contribution in [-0.4, -0.2) is 11.1 Å². The van der Waals surface area contributed by atoms with Gasteiger partial charge in [0.05, 0.1) is 10.9 Å². The van der Waals surface area contributed by atoms with Crippen molar-refractivity contribution >= 4 is 21.9 Å². The van der Waals surface area contributed by atoms with Crippen molar-refractivity contribution in [2.75, 3.05) is 0 Å². The molecular formula is C13H16BrFO2. The standard InChI is InChI=1S/C13H16BrFO2/c1-4-8-5-9(12(15)10(14)6-8)13(2,3)7-11(16)17/h5-6H,4,7H2,1-3H3,(H,16,17). The zero-order valence-corrected chi connectivity index (χ0v) is 11.8. The molecule has 0 bridgehead atoms. The quantitative estimate of drug-likeness (QED) is 0.916. The number of aryl methyl sites for hydroxylation is 1. The Balaban J connectivity index is 3.28. The normalized spacial score (nSPS) is 11.6. The van der Waals surface area contributed by atoms with E-state index < -0.39 is 11.4 Å². The Morgan fingerprint density at radius 3 is 2.53 bits per heavy atom. The van der Waals surface area contributed by atoms with Gasteiger partial charge in [-0.05, 0) is 39.5 Å². The molecule has 2 nitrogen and oxygen atoms in total. The summed E-state index contributed by atoms with van der Waals surface area (Å²) < 4.78 is 14.4. The summed E-state index contributed by atoms with van der Waals surface area (Å²) in [6.45, 7) is 5.46. The first kappa shape index (κ1) is 14.2. The van der Waals surface area contributed by atoms with Gasteiger partial charge in [0.2, 0.25) is 0 Å². The number of aliphatic carboxylic acids is 1. The van der Waals surface area contributed by atoms with Crippen LogP contribution < -0.4 is 0 Å². The molecule has 0 heterocycles. The van der Waals surface area contributed by atoms with Gasteiger partial charge >= 0.3 is 5.97 Å². The maximum absolute atomic E-state index is 14.0. The highest BCUT2D eigenvalue weighted by molar-refractivity contribution is 9.10. The molecule has 0 aliphatic heterocycles. The molecule has 4 heteroatoms. The third-order valence-corrected chi connectivity index (χ3v) is 3.40. The average Bonchev–Trinajstić information content (AvgIpc) is 2.19. The van der Waals surface area contributed by atoms with E-state index in [4.69, 9.17) is 5.11 Å². The molecule has 94 valence electrons. The van der Waals surface area contributed by atoms with Crippen LogP contribution in [0.25, 0.3) is 0 Å². The van der Waals surface area contributed by atoms with E-state index in [9.17, 15) is 9.18 Å². The number of halogens is 2. The van der Waals surface area contributed by atoms with Crippen molar-refractivity contribution in [1.82, 2.24) is 0 Å². The summed E-state index contributed by atoms with van der Waals surface area (Å²) in [5, 5.41) is 8.86. The first-order valence-electron chi connectivity index (χ1n) is 5.48. The minimum atomic E-state index is -0.924. The number of hydrogen-bond donors (Lipinski definition) is 1. The molecule has 0 saturated heterocycles. The Hall–Kier alpha value is -0.900. The average molecular weight is 303 g/mol. The molecule has 0 aliphatic rings. The van der Waals surface area contributed by atoms with Gasteiger partial charge in [-0.15, -0.1) is 0 Å². The Morgan fingerprint density at radius 1 is 1.47 bits per heavy atom. The van der Waals surface area contributed by atoms with Crippen LogP contribution in [0.5, 0.6) is 0 Å². The van der Waals surface area contributed by atoms with E-state index in [0.717, 1.165) is 12.0 Å². The zero-order chi connectivity index (χ0) is 13.2. The molecular weight excluding hydrogens is 287 g/mol. The minimum absolute atomic E-state index is 0.0937. The lowest BCUT2D eigenvalue weighted by molar-refractivity contribution is -0.138. The van der Waals surface area contributed by atoms with E-state index in [0.29, 0.717) is 10.0 Å². The zero-order valence-electron chi connectivity index (χ0n) is 10.2. The van der Waals surface area contributed by atoms with Gasteiger partial charge in [-0.2, -0.15) is 0 Å². The van der Waals surface area contributed by atoms with Crippen molar-refractivity contribution in [3.8, 4) is 0 Å². The number of carboxylic acids is 1. The second kappa shape index (κ2) is 5.17. The van der Waals surface area contributed by atoms with Gasteiger partial charge < -0.3 is 5.11 Å². The maximum atomic E-state index is 14.0. The van der Waals surface area contributed by atoms with Gasteiger partial charge in [0, 0.05) is 5.41 Å². The first-order chi connectivity index (χ1) is 7.77. The topological polar surface area (TPSA) is 37.3 Å². The Bertz CT molecular complexity index is 441. The highest BCUT2D eigenvalue weighted by atomic mass is 79.9. The van der Waals surface area contributed by atoms with E-state index >= 15 is 0 Å². The van der Waals surface area contributed by atoms with Gasteiger partial charge in [0.25, 0.3) is 0 Å². The van der Waals surface area contributed by atoms with Gasteiger partial charge in [-0.3, -0.25) is 4.79 Å². The SMILES string of the molecule is CCc1cc(Br)c(F)c(C(C)(C)CC(=O)O)c1. The molecule has 0 unspecified atom stereocenters. The van der Waals surface area contributed by atoms with Gasteiger partial charge in [0.1, 0.15) is 5.82 Å². The van der Waals surface area contributed by atoms with Crippen molar-refractivity contribution in [3.63, 3.8) is 0 Å². The molecule has 0 spiro atoms. The second-order valence-electron chi connectivity index (χ2n) is 4.75. The van der Waals surface area contributed by atoms with Crippen LogP contribution in [0.3, 0.4) is 0 Å². The fourth-order valence-corrected chi connectivity index (χ4v) is 2.32. The van der Waals surface area contributed by atoms with E-state index in [-0.39, 0.29) is 12.2 Å². The van der Waals surface area contributed by atoms with E-state index in [1.165, 1.54) is 0 Å². The lowest BCUT2D eigenvalue weighted by Gasteiger charge is -2.25. The van der Waals surface area contributed by atoms with E-state index in [2.05, 4.69) is 15.9 Å². The minimum Gasteiger partial charge on any atom is -0.481 e. The number of rotatable bonds is 4. The summed E-state index contributed by atoms with van der Waals surface area (Å²) in [5.41, 5.74) is 0.724. The Kier molecular flexibility index (Phi) is 4.31. The molecule has 0 saturated carbocycles. The van der Waals surface area contributed by atoms with Crippen LogP contribution in [0.4, 0.5) is 4.39 Å². The molecule has 17 heavy (non-hydrogen) atoms. The number of carboxylic acid groups (broad SMARTS) is 1. The van der Waals surface area contributed by atoms with Crippen molar-refractivity contribution in [2.45, 2.75) is 39.0 Å². The summed E-state index contributed by atoms with van der Waals surface area (Å²) >= 11 is 3.17. The molecule has 1 N–H and O–H groups in total. The molecule has 1 rings (SSSR count). The van der Waals surface area contributed by atoms with Crippen LogP contribution in [0.15, 0.2) is 16.6 Å². The predicted octanol–water partition coefficient (Wildman–Crippen LogP) is 3.90. The van der Waals surface area contributed by atoms with Gasteiger partial charge in [-0.25, -0.2) is 4.39 Å². The fourth-order valence-electron chi connectivity index (χ4n) is 1.82. The highest BCUT2D eigenvalue weighted by Crippen LogP contribution is 2.33. The summed E-state index contributed by atoms with van der Waals surface area (Å²) in [6, 6.07) is 3.48. The molecule has 1 aromatic rings. The lowest BCUT2D eigenvalue weighted by atomic mass is 9.80. The van der Waals surface area contributed by atoms with Crippen LogP contribution >= 0.6 is 15.9 Å².